The van der Waals surface area contributed by atoms with Gasteiger partial charge >= 0.3 is 0 Å². The maximum Gasteiger partial charge on any atom is 0.207 e. The van der Waals surface area contributed by atoms with Crippen LogP contribution >= 0.6 is 0 Å². The van der Waals surface area contributed by atoms with Gasteiger partial charge in [0.25, 0.3) is 0 Å². The van der Waals surface area contributed by atoms with Gasteiger partial charge in [0.05, 0.1) is 0 Å². The molecular formula is C15H19N3. The predicted octanol–water partition coefficient (Wildman–Crippen LogP) is 4.13. The fraction of sp³-hybridized carbons (Fsp3) is 0.400. The molecule has 0 saturated heterocycles. The fourth-order valence-corrected chi connectivity index (χ4v) is 2.71. The molecule has 0 bridgehead atoms. The highest BCUT2D eigenvalue weighted by Crippen LogP contribution is 2.30. The number of benzene rings is 1. The first kappa shape index (κ1) is 11.3. The standard InChI is InChI=1S/C15H19N3/c1-3-7-13(8-4-1)17-15-16-11-12-18(15)14-9-5-2-6-10-14/h1,3-4,7-8,11-12,14H,2,5-6,9-10H2,(H,16,17). The summed E-state index contributed by atoms with van der Waals surface area (Å²) < 4.78 is 2.30. The molecule has 1 aliphatic carbocycles. The lowest BCUT2D eigenvalue weighted by Crippen LogP contribution is -2.14. The van der Waals surface area contributed by atoms with Gasteiger partial charge in [-0.15, -0.1) is 0 Å². The van der Waals surface area contributed by atoms with Crippen LogP contribution in [0.2, 0.25) is 0 Å². The van der Waals surface area contributed by atoms with Crippen molar-refractivity contribution in [2.75, 3.05) is 5.32 Å². The van der Waals surface area contributed by atoms with Gasteiger partial charge in [0.1, 0.15) is 0 Å². The number of hydrogen-bond donors (Lipinski definition) is 1. The van der Waals surface area contributed by atoms with Gasteiger partial charge in [0, 0.05) is 24.1 Å². The number of aromatic nitrogens is 2. The van der Waals surface area contributed by atoms with Crippen LogP contribution < -0.4 is 5.32 Å². The topological polar surface area (TPSA) is 29.9 Å². The molecule has 3 heteroatoms. The first-order chi connectivity index (χ1) is 8.93. The first-order valence-corrected chi connectivity index (χ1v) is 6.78. The summed E-state index contributed by atoms with van der Waals surface area (Å²) in [7, 11) is 0. The highest BCUT2D eigenvalue weighted by molar-refractivity contribution is 5.53. The van der Waals surface area contributed by atoms with E-state index in [4.69, 9.17) is 0 Å². The monoisotopic (exact) mass is 241 g/mol. The number of para-hydroxylation sites is 1. The molecule has 1 saturated carbocycles. The highest BCUT2D eigenvalue weighted by Gasteiger charge is 2.17. The van der Waals surface area contributed by atoms with Gasteiger partial charge in [-0.1, -0.05) is 37.5 Å². The minimum atomic E-state index is 0.618. The van der Waals surface area contributed by atoms with Crippen LogP contribution in [0.3, 0.4) is 0 Å². The minimum Gasteiger partial charge on any atom is -0.326 e. The molecule has 1 N–H and O–H groups in total. The molecule has 2 aromatic rings. The average molecular weight is 241 g/mol. The van der Waals surface area contributed by atoms with Crippen molar-refractivity contribution in [1.29, 1.82) is 0 Å². The van der Waals surface area contributed by atoms with Gasteiger partial charge < -0.3 is 9.88 Å². The molecule has 0 atom stereocenters. The molecule has 0 spiro atoms. The molecule has 3 rings (SSSR count). The highest BCUT2D eigenvalue weighted by atomic mass is 15.2. The second kappa shape index (κ2) is 5.25. The van der Waals surface area contributed by atoms with Crippen molar-refractivity contribution in [2.45, 2.75) is 38.1 Å². The van der Waals surface area contributed by atoms with E-state index >= 15 is 0 Å². The van der Waals surface area contributed by atoms with E-state index < -0.39 is 0 Å². The normalized spacial score (nSPS) is 16.7. The van der Waals surface area contributed by atoms with Crippen molar-refractivity contribution in [3.63, 3.8) is 0 Å². The number of anilines is 2. The van der Waals surface area contributed by atoms with Crippen LogP contribution in [-0.4, -0.2) is 9.55 Å². The van der Waals surface area contributed by atoms with Crippen molar-refractivity contribution >= 4 is 11.6 Å². The molecule has 1 aromatic carbocycles. The molecule has 18 heavy (non-hydrogen) atoms. The first-order valence-electron chi connectivity index (χ1n) is 6.78. The van der Waals surface area contributed by atoms with Crippen molar-refractivity contribution in [1.82, 2.24) is 9.55 Å². The summed E-state index contributed by atoms with van der Waals surface area (Å²) in [6, 6.07) is 10.9. The van der Waals surface area contributed by atoms with E-state index in [0.29, 0.717) is 6.04 Å². The zero-order chi connectivity index (χ0) is 12.2. The van der Waals surface area contributed by atoms with E-state index in [-0.39, 0.29) is 0 Å². The van der Waals surface area contributed by atoms with Gasteiger partial charge in [-0.2, -0.15) is 0 Å². The number of nitrogens with one attached hydrogen (secondary N) is 1. The van der Waals surface area contributed by atoms with E-state index in [1.807, 2.05) is 24.4 Å². The van der Waals surface area contributed by atoms with Crippen molar-refractivity contribution in [3.05, 3.63) is 42.7 Å². The molecule has 3 nitrogen and oxygen atoms in total. The Morgan fingerprint density at radius 2 is 1.83 bits per heavy atom. The van der Waals surface area contributed by atoms with Crippen molar-refractivity contribution in [2.24, 2.45) is 0 Å². The van der Waals surface area contributed by atoms with Crippen LogP contribution in [0.15, 0.2) is 42.7 Å². The summed E-state index contributed by atoms with van der Waals surface area (Å²) in [6.45, 7) is 0. The molecule has 0 amide bonds. The quantitative estimate of drug-likeness (QED) is 0.875. The molecule has 0 radical (unpaired) electrons. The molecule has 1 aromatic heterocycles. The Labute approximate surface area is 108 Å². The van der Waals surface area contributed by atoms with Gasteiger partial charge in [-0.3, -0.25) is 0 Å². The Morgan fingerprint density at radius 3 is 2.61 bits per heavy atom. The van der Waals surface area contributed by atoms with Crippen LogP contribution in [0, 0.1) is 0 Å². The van der Waals surface area contributed by atoms with E-state index in [1.165, 1.54) is 32.1 Å². The van der Waals surface area contributed by atoms with Crippen LogP contribution in [0.1, 0.15) is 38.1 Å². The summed E-state index contributed by atoms with van der Waals surface area (Å²) in [5.74, 6) is 0.966. The smallest absolute Gasteiger partial charge is 0.207 e. The summed E-state index contributed by atoms with van der Waals surface area (Å²) >= 11 is 0. The second-order valence-corrected chi connectivity index (χ2v) is 4.94. The molecule has 94 valence electrons. The summed E-state index contributed by atoms with van der Waals surface area (Å²) in [5.41, 5.74) is 1.10. The Kier molecular flexibility index (Phi) is 3.31. The van der Waals surface area contributed by atoms with Crippen LogP contribution in [0.25, 0.3) is 0 Å². The number of hydrogen-bond acceptors (Lipinski definition) is 2. The Morgan fingerprint density at radius 1 is 1.06 bits per heavy atom. The van der Waals surface area contributed by atoms with E-state index in [9.17, 15) is 0 Å². The molecule has 1 aliphatic rings. The lowest BCUT2D eigenvalue weighted by Gasteiger charge is -2.24. The lowest BCUT2D eigenvalue weighted by atomic mass is 9.95. The Balaban J connectivity index is 1.78. The van der Waals surface area contributed by atoms with Gasteiger partial charge in [-0.25, -0.2) is 4.98 Å². The van der Waals surface area contributed by atoms with Gasteiger partial charge in [-0.05, 0) is 25.0 Å². The van der Waals surface area contributed by atoms with Crippen LogP contribution in [0.5, 0.6) is 0 Å². The van der Waals surface area contributed by atoms with Crippen molar-refractivity contribution < 1.29 is 0 Å². The minimum absolute atomic E-state index is 0.618. The Bertz CT molecular complexity index is 483. The predicted molar refractivity (Wildman–Crippen MR) is 74.1 cm³/mol. The number of rotatable bonds is 3. The molecule has 1 fully saturated rings. The number of nitrogens with zero attached hydrogens (tertiary/aromatic N) is 2. The molecular weight excluding hydrogens is 222 g/mol. The molecule has 1 heterocycles. The van der Waals surface area contributed by atoms with E-state index in [2.05, 4.69) is 33.2 Å². The summed E-state index contributed by atoms with van der Waals surface area (Å²) in [6.07, 6.45) is 10.6. The van der Waals surface area contributed by atoms with E-state index in [0.717, 1.165) is 11.6 Å². The van der Waals surface area contributed by atoms with Crippen LogP contribution in [0.4, 0.5) is 11.6 Å². The maximum absolute atomic E-state index is 4.44. The zero-order valence-corrected chi connectivity index (χ0v) is 10.5. The molecule has 0 aliphatic heterocycles. The summed E-state index contributed by atoms with van der Waals surface area (Å²) in [4.78, 5) is 4.44. The largest absolute Gasteiger partial charge is 0.326 e. The third-order valence-electron chi connectivity index (χ3n) is 3.67. The number of imidazole rings is 1. The SMILES string of the molecule is c1ccc(Nc2nccn2C2CCCCC2)cc1. The van der Waals surface area contributed by atoms with Gasteiger partial charge in [0.2, 0.25) is 5.95 Å². The summed E-state index contributed by atoms with van der Waals surface area (Å²) in [5, 5.41) is 3.40. The lowest BCUT2D eigenvalue weighted by molar-refractivity contribution is 0.356. The van der Waals surface area contributed by atoms with Crippen LogP contribution in [-0.2, 0) is 0 Å². The third-order valence-corrected chi connectivity index (χ3v) is 3.67. The maximum atomic E-state index is 4.44. The second-order valence-electron chi connectivity index (χ2n) is 4.94. The van der Waals surface area contributed by atoms with Gasteiger partial charge in [0.15, 0.2) is 0 Å². The van der Waals surface area contributed by atoms with Crippen molar-refractivity contribution in [3.8, 4) is 0 Å². The Hall–Kier alpha value is -1.77. The zero-order valence-electron chi connectivity index (χ0n) is 10.5. The molecule has 0 unspecified atom stereocenters. The fourth-order valence-electron chi connectivity index (χ4n) is 2.71. The van der Waals surface area contributed by atoms with E-state index in [1.54, 1.807) is 0 Å². The average Bonchev–Trinajstić information content (AvgIpc) is 2.89. The third kappa shape index (κ3) is 2.40.